The summed E-state index contributed by atoms with van der Waals surface area (Å²) >= 11 is 1.89. The van der Waals surface area contributed by atoms with Crippen molar-refractivity contribution in [1.82, 2.24) is 19.1 Å². The SMILES string of the molecule is c1ccc(-n2c3ccccc3c3cc(-c4nc5c6ccccc6c6ccccc6c5nc4-n4c5ccc6cccc7c6c5c5c6c(ccc54)sc4cccc-7c46)ccc32)cc1. The van der Waals surface area contributed by atoms with E-state index in [1.54, 1.807) is 0 Å². The van der Waals surface area contributed by atoms with E-state index < -0.39 is 0 Å². The highest BCUT2D eigenvalue weighted by Crippen LogP contribution is 2.52. The summed E-state index contributed by atoms with van der Waals surface area (Å²) in [7, 11) is 0. The van der Waals surface area contributed by atoms with Crippen LogP contribution < -0.4 is 0 Å². The fourth-order valence-electron chi connectivity index (χ4n) is 10.9. The van der Waals surface area contributed by atoms with Crippen LogP contribution in [0.25, 0.3) is 141 Å². The van der Waals surface area contributed by atoms with Gasteiger partial charge in [0.1, 0.15) is 5.69 Å². The van der Waals surface area contributed by atoms with Crippen LogP contribution in [0.3, 0.4) is 0 Å². The highest BCUT2D eigenvalue weighted by Gasteiger charge is 2.28. The van der Waals surface area contributed by atoms with Crippen molar-refractivity contribution in [1.29, 1.82) is 0 Å². The summed E-state index contributed by atoms with van der Waals surface area (Å²) in [6, 6.07) is 66.5. The molecular formula is C56H30N4S. The van der Waals surface area contributed by atoms with Crippen molar-refractivity contribution in [3.63, 3.8) is 0 Å². The molecule has 15 rings (SSSR count). The van der Waals surface area contributed by atoms with Crippen molar-refractivity contribution < 1.29 is 0 Å². The molecule has 5 heteroatoms. The third-order valence-corrected chi connectivity index (χ3v) is 14.5. The molecule has 14 aromatic rings. The van der Waals surface area contributed by atoms with Crippen LogP contribution in [0, 0.1) is 0 Å². The van der Waals surface area contributed by atoms with Gasteiger partial charge in [-0.05, 0) is 87.3 Å². The molecule has 0 aliphatic heterocycles. The summed E-state index contributed by atoms with van der Waals surface area (Å²) in [6.07, 6.45) is 0. The molecule has 0 radical (unpaired) electrons. The number of benzene rings is 10. The van der Waals surface area contributed by atoms with Crippen LogP contribution in [0.2, 0.25) is 0 Å². The average Bonchev–Trinajstić information content (AvgIpc) is 3.96. The summed E-state index contributed by atoms with van der Waals surface area (Å²) in [4.78, 5) is 11.7. The minimum Gasteiger partial charge on any atom is -0.309 e. The average molecular weight is 791 g/mol. The Kier molecular flexibility index (Phi) is 6.01. The maximum absolute atomic E-state index is 5.89. The van der Waals surface area contributed by atoms with Gasteiger partial charge in [-0.1, -0.05) is 127 Å². The number of nitrogens with zero attached hydrogens (tertiary/aromatic N) is 4. The van der Waals surface area contributed by atoms with E-state index in [1.807, 2.05) is 11.3 Å². The van der Waals surface area contributed by atoms with Gasteiger partial charge in [0.05, 0.1) is 33.1 Å². The summed E-state index contributed by atoms with van der Waals surface area (Å²) in [5.74, 6) is 0.829. The van der Waals surface area contributed by atoms with E-state index in [0.29, 0.717) is 0 Å². The zero-order valence-corrected chi connectivity index (χ0v) is 33.3. The molecule has 1 aliphatic rings. The lowest BCUT2D eigenvalue weighted by Crippen LogP contribution is -2.04. The second-order valence-electron chi connectivity index (χ2n) is 16.4. The van der Waals surface area contributed by atoms with E-state index in [1.165, 1.54) is 79.9 Å². The molecule has 0 unspecified atom stereocenters. The lowest BCUT2D eigenvalue weighted by Gasteiger charge is -2.17. The predicted molar refractivity (Wildman–Crippen MR) is 258 cm³/mol. The third kappa shape index (κ3) is 4.04. The third-order valence-electron chi connectivity index (χ3n) is 13.4. The summed E-state index contributed by atoms with van der Waals surface area (Å²) in [5.41, 5.74) is 12.0. The Hall–Kier alpha value is -7.86. The number of aromatic nitrogens is 4. The van der Waals surface area contributed by atoms with Crippen LogP contribution >= 0.6 is 11.3 Å². The summed E-state index contributed by atoms with van der Waals surface area (Å²) < 4.78 is 7.43. The van der Waals surface area contributed by atoms with Gasteiger partial charge in [-0.25, -0.2) is 9.97 Å². The van der Waals surface area contributed by atoms with Gasteiger partial charge in [0, 0.05) is 63.7 Å². The Bertz CT molecular complexity index is 4280. The molecular weight excluding hydrogens is 761 g/mol. The Labute approximate surface area is 351 Å². The van der Waals surface area contributed by atoms with Crippen molar-refractivity contribution in [2.24, 2.45) is 0 Å². The molecule has 0 bridgehead atoms. The fourth-order valence-corrected chi connectivity index (χ4v) is 12.1. The quantitative estimate of drug-likeness (QED) is 0.167. The number of hydrogen-bond donors (Lipinski definition) is 0. The normalized spacial score (nSPS) is 12.6. The van der Waals surface area contributed by atoms with Crippen LogP contribution in [0.4, 0.5) is 0 Å². The standard InChI is InChI=1S/C56H30N4S/c1-2-13-33(14-3-1)59-42-22-9-8-17-36(42)41-30-32(25-26-43(41)59)53-56(58-55-40-19-7-5-16-35(40)34-15-4-6-18-39(34)54(55)57-53)60-44-27-24-31-12-10-20-37-38-21-11-23-46-49(38)52-47(61-46)29-28-45(60)51(52)50(44)48(31)37/h1-30H. The first-order chi connectivity index (χ1) is 30.3. The molecule has 61 heavy (non-hydrogen) atoms. The van der Waals surface area contributed by atoms with Crippen LogP contribution in [-0.4, -0.2) is 19.1 Å². The lowest BCUT2D eigenvalue weighted by atomic mass is 9.95. The zero-order chi connectivity index (χ0) is 39.5. The largest absolute Gasteiger partial charge is 0.309 e. The van der Waals surface area contributed by atoms with Crippen molar-refractivity contribution in [3.8, 4) is 33.9 Å². The smallest absolute Gasteiger partial charge is 0.165 e. The second-order valence-corrected chi connectivity index (χ2v) is 17.5. The van der Waals surface area contributed by atoms with E-state index in [0.717, 1.165) is 61.1 Å². The van der Waals surface area contributed by atoms with Crippen LogP contribution in [0.15, 0.2) is 182 Å². The van der Waals surface area contributed by atoms with Gasteiger partial charge in [-0.2, -0.15) is 0 Å². The van der Waals surface area contributed by atoms with Gasteiger partial charge in [-0.3, -0.25) is 4.57 Å². The Morgan fingerprint density at radius 1 is 0.361 bits per heavy atom. The minimum atomic E-state index is 0.829. The van der Waals surface area contributed by atoms with Gasteiger partial charge in [0.2, 0.25) is 0 Å². The van der Waals surface area contributed by atoms with Crippen molar-refractivity contribution >= 4 is 118 Å². The molecule has 4 heterocycles. The van der Waals surface area contributed by atoms with E-state index in [2.05, 4.69) is 191 Å². The molecule has 280 valence electrons. The van der Waals surface area contributed by atoms with Crippen molar-refractivity contribution in [2.75, 3.05) is 0 Å². The van der Waals surface area contributed by atoms with Crippen LogP contribution in [0.5, 0.6) is 0 Å². The second kappa shape index (κ2) is 11.4. The Morgan fingerprint density at radius 3 is 1.77 bits per heavy atom. The van der Waals surface area contributed by atoms with Crippen LogP contribution in [0.1, 0.15) is 0 Å². The number of para-hydroxylation sites is 2. The van der Waals surface area contributed by atoms with E-state index >= 15 is 0 Å². The highest BCUT2D eigenvalue weighted by atomic mass is 32.1. The van der Waals surface area contributed by atoms with Crippen molar-refractivity contribution in [2.45, 2.75) is 0 Å². The maximum Gasteiger partial charge on any atom is 0.165 e. The molecule has 0 saturated carbocycles. The van der Waals surface area contributed by atoms with Crippen molar-refractivity contribution in [3.05, 3.63) is 182 Å². The van der Waals surface area contributed by atoms with Gasteiger partial charge in [0.15, 0.2) is 5.82 Å². The van der Waals surface area contributed by atoms with E-state index in [-0.39, 0.29) is 0 Å². The van der Waals surface area contributed by atoms with Crippen LogP contribution in [-0.2, 0) is 0 Å². The first-order valence-corrected chi connectivity index (χ1v) is 21.7. The first-order valence-electron chi connectivity index (χ1n) is 20.8. The molecule has 1 aliphatic carbocycles. The number of rotatable bonds is 3. The molecule has 0 saturated heterocycles. The highest BCUT2D eigenvalue weighted by molar-refractivity contribution is 7.26. The van der Waals surface area contributed by atoms with E-state index in [9.17, 15) is 0 Å². The number of fused-ring (bicyclic) bond motifs is 10. The molecule has 0 spiro atoms. The molecule has 4 nitrogen and oxygen atoms in total. The number of hydrogen-bond acceptors (Lipinski definition) is 3. The number of thiophene rings is 1. The lowest BCUT2D eigenvalue weighted by molar-refractivity contribution is 1.08. The molecule has 0 N–H and O–H groups in total. The summed E-state index contributed by atoms with van der Waals surface area (Å²) in [6.45, 7) is 0. The monoisotopic (exact) mass is 790 g/mol. The van der Waals surface area contributed by atoms with Gasteiger partial charge >= 0.3 is 0 Å². The molecule has 4 aromatic heterocycles. The van der Waals surface area contributed by atoms with Gasteiger partial charge in [0.25, 0.3) is 0 Å². The Balaban J connectivity index is 1.14. The molecule has 0 amide bonds. The minimum absolute atomic E-state index is 0.829. The zero-order valence-electron chi connectivity index (χ0n) is 32.5. The van der Waals surface area contributed by atoms with Gasteiger partial charge < -0.3 is 4.57 Å². The summed E-state index contributed by atoms with van der Waals surface area (Å²) in [5, 5.41) is 14.7. The molecule has 0 fully saturated rings. The van der Waals surface area contributed by atoms with E-state index in [4.69, 9.17) is 9.97 Å². The molecule has 0 atom stereocenters. The Morgan fingerprint density at radius 2 is 0.967 bits per heavy atom. The molecule has 10 aromatic carbocycles. The first kappa shape index (κ1) is 32.0. The fraction of sp³-hybridized carbons (Fsp3) is 0. The maximum atomic E-state index is 5.89. The predicted octanol–water partition coefficient (Wildman–Crippen LogP) is 15.3. The van der Waals surface area contributed by atoms with Gasteiger partial charge in [-0.15, -0.1) is 11.3 Å². The topological polar surface area (TPSA) is 35.6 Å².